The molecule has 0 fully saturated rings. The zero-order valence-corrected chi connectivity index (χ0v) is 17.1. The van der Waals surface area contributed by atoms with Crippen molar-refractivity contribution < 1.29 is 4.57 Å². The van der Waals surface area contributed by atoms with Gasteiger partial charge in [0.05, 0.1) is 13.1 Å². The second-order valence-corrected chi connectivity index (χ2v) is 7.93. The summed E-state index contributed by atoms with van der Waals surface area (Å²) in [6, 6.07) is 8.61. The van der Waals surface area contributed by atoms with E-state index in [0.717, 1.165) is 31.8 Å². The van der Waals surface area contributed by atoms with Crippen molar-refractivity contribution >= 4 is 10.9 Å². The maximum atomic E-state index is 3.41. The molecule has 0 aliphatic carbocycles. The van der Waals surface area contributed by atoms with Crippen molar-refractivity contribution in [1.82, 2.24) is 9.55 Å². The monoisotopic (exact) mass is 352 g/mol. The van der Waals surface area contributed by atoms with E-state index in [1.54, 1.807) is 0 Å². The highest BCUT2D eigenvalue weighted by Gasteiger charge is 2.24. The summed E-state index contributed by atoms with van der Waals surface area (Å²) >= 11 is 0. The molecular formula is C23H34N3+. The van der Waals surface area contributed by atoms with Gasteiger partial charge in [0.1, 0.15) is 11.4 Å². The van der Waals surface area contributed by atoms with E-state index in [2.05, 4.69) is 79.2 Å². The molecule has 140 valence electrons. The van der Waals surface area contributed by atoms with Crippen molar-refractivity contribution in [3.8, 4) is 0 Å². The first kappa shape index (κ1) is 18.8. The molecule has 0 atom stereocenters. The third-order valence-electron chi connectivity index (χ3n) is 5.64. The lowest BCUT2D eigenvalue weighted by molar-refractivity contribution is -0.710. The quantitative estimate of drug-likeness (QED) is 0.545. The average molecular weight is 353 g/mol. The molecule has 2 heterocycles. The molecule has 0 amide bonds. The molecule has 3 aromatic rings. The maximum Gasteiger partial charge on any atom is 0.256 e. The summed E-state index contributed by atoms with van der Waals surface area (Å²) in [5.74, 6) is 2.24. The Morgan fingerprint density at radius 2 is 1.88 bits per heavy atom. The third kappa shape index (κ3) is 3.72. The Morgan fingerprint density at radius 1 is 1.12 bits per heavy atom. The highest BCUT2D eigenvalue weighted by molar-refractivity contribution is 5.82. The van der Waals surface area contributed by atoms with Crippen LogP contribution in [0.5, 0.6) is 0 Å². The smallest absolute Gasteiger partial charge is 0.256 e. The zero-order valence-electron chi connectivity index (χ0n) is 17.1. The normalized spacial score (nSPS) is 11.8. The number of rotatable bonds is 8. The van der Waals surface area contributed by atoms with E-state index < -0.39 is 0 Å². The van der Waals surface area contributed by atoms with Gasteiger partial charge in [-0.1, -0.05) is 39.0 Å². The van der Waals surface area contributed by atoms with E-state index in [0.29, 0.717) is 0 Å². The van der Waals surface area contributed by atoms with Crippen LogP contribution >= 0.6 is 0 Å². The number of hydrogen-bond donors (Lipinski definition) is 1. The minimum Gasteiger partial charge on any atom is -0.361 e. The van der Waals surface area contributed by atoms with Crippen LogP contribution in [0.1, 0.15) is 56.4 Å². The number of nitrogens with one attached hydrogen (secondary N) is 1. The van der Waals surface area contributed by atoms with Crippen molar-refractivity contribution in [2.24, 2.45) is 5.92 Å². The molecule has 1 N–H and O–H groups in total. The van der Waals surface area contributed by atoms with E-state index >= 15 is 0 Å². The van der Waals surface area contributed by atoms with Crippen LogP contribution in [0, 0.1) is 19.8 Å². The Balaban J connectivity index is 1.87. The number of aryl methyl sites for hydroxylation is 1. The van der Waals surface area contributed by atoms with Gasteiger partial charge in [-0.05, 0) is 30.4 Å². The lowest BCUT2D eigenvalue weighted by Crippen LogP contribution is -2.40. The summed E-state index contributed by atoms with van der Waals surface area (Å²) in [6.45, 7) is 13.7. The van der Waals surface area contributed by atoms with Crippen LogP contribution in [0.2, 0.25) is 0 Å². The number of aromatic amines is 1. The maximum absolute atomic E-state index is 3.41. The van der Waals surface area contributed by atoms with Gasteiger partial charge < -0.3 is 4.98 Å². The molecule has 0 unspecified atom stereocenters. The molecule has 0 radical (unpaired) electrons. The van der Waals surface area contributed by atoms with Crippen LogP contribution in [0.15, 0.2) is 30.5 Å². The number of hydrogen-bond acceptors (Lipinski definition) is 0. The van der Waals surface area contributed by atoms with Crippen molar-refractivity contribution in [2.75, 3.05) is 0 Å². The standard InChI is InChI=1S/C23H34N3/c1-6-9-23-25(14-12-17(2)3)18(4)19(5)26(23)15-13-20-16-24-22-11-8-7-10-21(20)22/h7-8,10-11,16-17,24H,6,9,12-15H2,1-5H3/q+1. The van der Waals surface area contributed by atoms with Crippen LogP contribution < -0.4 is 4.57 Å². The molecule has 0 bridgehead atoms. The van der Waals surface area contributed by atoms with E-state index in [-0.39, 0.29) is 0 Å². The summed E-state index contributed by atoms with van der Waals surface area (Å²) in [5.41, 5.74) is 5.52. The van der Waals surface area contributed by atoms with E-state index in [9.17, 15) is 0 Å². The lowest BCUT2D eigenvalue weighted by Gasteiger charge is -2.07. The Kier molecular flexibility index (Phi) is 5.85. The average Bonchev–Trinajstić information content (AvgIpc) is 3.13. The summed E-state index contributed by atoms with van der Waals surface area (Å²) in [6.07, 6.45) is 6.84. The van der Waals surface area contributed by atoms with Crippen LogP contribution in [-0.2, 0) is 25.9 Å². The molecule has 2 aromatic heterocycles. The number of fused-ring (bicyclic) bond motifs is 1. The van der Waals surface area contributed by atoms with Crippen molar-refractivity contribution in [3.63, 3.8) is 0 Å². The van der Waals surface area contributed by atoms with E-state index in [4.69, 9.17) is 0 Å². The number of aromatic nitrogens is 3. The summed E-state index contributed by atoms with van der Waals surface area (Å²) in [4.78, 5) is 3.41. The third-order valence-corrected chi connectivity index (χ3v) is 5.64. The fraction of sp³-hybridized carbons (Fsp3) is 0.522. The second kappa shape index (κ2) is 8.11. The molecule has 3 nitrogen and oxygen atoms in total. The first-order valence-corrected chi connectivity index (χ1v) is 10.2. The Hall–Kier alpha value is -2.03. The molecule has 0 aliphatic rings. The zero-order chi connectivity index (χ0) is 18.7. The van der Waals surface area contributed by atoms with Gasteiger partial charge in [-0.15, -0.1) is 0 Å². The Bertz CT molecular complexity index is 867. The summed E-state index contributed by atoms with van der Waals surface area (Å²) in [7, 11) is 0. The molecule has 0 spiro atoms. The van der Waals surface area contributed by atoms with Crippen LogP contribution in [0.3, 0.4) is 0 Å². The van der Waals surface area contributed by atoms with Crippen LogP contribution in [0.25, 0.3) is 10.9 Å². The van der Waals surface area contributed by atoms with Crippen molar-refractivity contribution in [1.29, 1.82) is 0 Å². The molecule has 0 saturated carbocycles. The van der Waals surface area contributed by atoms with Gasteiger partial charge in [-0.25, -0.2) is 9.13 Å². The molecule has 3 rings (SSSR count). The first-order valence-electron chi connectivity index (χ1n) is 10.2. The van der Waals surface area contributed by atoms with Crippen molar-refractivity contribution in [3.05, 3.63) is 53.2 Å². The number of nitrogens with zero attached hydrogens (tertiary/aromatic N) is 2. The van der Waals surface area contributed by atoms with Gasteiger partial charge in [0, 0.05) is 43.8 Å². The van der Waals surface area contributed by atoms with Gasteiger partial charge in [-0.2, -0.15) is 0 Å². The van der Waals surface area contributed by atoms with Gasteiger partial charge in [0.25, 0.3) is 5.82 Å². The molecule has 3 heteroatoms. The second-order valence-electron chi connectivity index (χ2n) is 7.93. The van der Waals surface area contributed by atoms with Gasteiger partial charge in [0.2, 0.25) is 0 Å². The minimum atomic E-state index is 0.742. The Morgan fingerprint density at radius 3 is 2.62 bits per heavy atom. The fourth-order valence-electron chi connectivity index (χ4n) is 3.97. The molecule has 1 aromatic carbocycles. The summed E-state index contributed by atoms with van der Waals surface area (Å²) in [5, 5.41) is 1.36. The molecular weight excluding hydrogens is 318 g/mol. The van der Waals surface area contributed by atoms with Crippen LogP contribution in [-0.4, -0.2) is 9.55 Å². The van der Waals surface area contributed by atoms with E-state index in [1.807, 2.05) is 0 Å². The lowest BCUT2D eigenvalue weighted by atomic mass is 10.1. The molecule has 0 saturated heterocycles. The van der Waals surface area contributed by atoms with Crippen LogP contribution in [0.4, 0.5) is 0 Å². The van der Waals surface area contributed by atoms with Gasteiger partial charge >= 0.3 is 0 Å². The fourth-order valence-corrected chi connectivity index (χ4v) is 3.97. The molecule has 0 aliphatic heterocycles. The highest BCUT2D eigenvalue weighted by atomic mass is 15.2. The number of benzene rings is 1. The number of H-pyrrole nitrogens is 1. The SMILES string of the molecule is CCCc1n(CCc2c[nH]c3ccccc23)c(C)c(C)[n+]1CCC(C)C. The van der Waals surface area contributed by atoms with Gasteiger partial charge in [0.15, 0.2) is 0 Å². The number of para-hydroxylation sites is 1. The predicted octanol–water partition coefficient (Wildman–Crippen LogP) is 5.12. The minimum absolute atomic E-state index is 0.742. The topological polar surface area (TPSA) is 24.6 Å². The van der Waals surface area contributed by atoms with Gasteiger partial charge in [-0.3, -0.25) is 0 Å². The summed E-state index contributed by atoms with van der Waals surface area (Å²) < 4.78 is 5.15. The first-order chi connectivity index (χ1) is 12.5. The molecule has 26 heavy (non-hydrogen) atoms. The van der Waals surface area contributed by atoms with E-state index in [1.165, 1.54) is 46.5 Å². The Labute approximate surface area is 158 Å². The predicted molar refractivity (Wildman–Crippen MR) is 110 cm³/mol. The highest BCUT2D eigenvalue weighted by Crippen LogP contribution is 2.20. The number of imidazole rings is 1. The van der Waals surface area contributed by atoms with Crippen molar-refractivity contribution in [2.45, 2.75) is 73.4 Å². The largest absolute Gasteiger partial charge is 0.361 e.